The van der Waals surface area contributed by atoms with Crippen molar-refractivity contribution >= 4 is 68.8 Å². The van der Waals surface area contributed by atoms with E-state index in [-0.39, 0.29) is 6.61 Å². The van der Waals surface area contributed by atoms with Crippen LogP contribution < -0.4 is 19.9 Å². The number of unbranched alkanes of at least 4 members (excludes halogenated alkanes) is 3. The molecule has 1 aromatic heterocycles. The topological polar surface area (TPSA) is 70.1 Å². The van der Waals surface area contributed by atoms with Crippen molar-refractivity contribution in [2.75, 3.05) is 55.6 Å². The molecule has 0 spiro atoms. The number of aliphatic hydroxyl groups is 1. The van der Waals surface area contributed by atoms with Crippen LogP contribution in [0.5, 0.6) is 5.75 Å². The number of methoxy groups -OCH3 is 1. The summed E-state index contributed by atoms with van der Waals surface area (Å²) in [6.45, 7) is 19.5. The second-order valence-corrected chi connectivity index (χ2v) is 36.8. The lowest BCUT2D eigenvalue weighted by Crippen LogP contribution is -2.37. The Labute approximate surface area is 815 Å². The molecule has 17 aromatic rings. The molecule has 0 saturated carbocycles. The van der Waals surface area contributed by atoms with E-state index in [1.54, 1.807) is 7.11 Å². The van der Waals surface area contributed by atoms with Gasteiger partial charge < -0.3 is 29.7 Å². The van der Waals surface area contributed by atoms with Gasteiger partial charge in [0, 0.05) is 65.5 Å². The number of hydrogen-bond acceptors (Lipinski definition) is 7. The van der Waals surface area contributed by atoms with Crippen LogP contribution in [0.25, 0.3) is 124 Å². The van der Waals surface area contributed by atoms with E-state index in [2.05, 4.69) is 463 Å². The minimum absolute atomic E-state index is 0.0759. The van der Waals surface area contributed by atoms with E-state index >= 15 is 0 Å². The van der Waals surface area contributed by atoms with Crippen molar-refractivity contribution in [3.05, 3.63) is 502 Å². The van der Waals surface area contributed by atoms with Crippen LogP contribution in [-0.2, 0) is 29.7 Å². The molecule has 7 nitrogen and oxygen atoms in total. The third-order valence-electron chi connectivity index (χ3n) is 27.7. The summed E-state index contributed by atoms with van der Waals surface area (Å²) in [4.78, 5) is 9.84. The smallest absolute Gasteiger partial charge is 0.126 e. The lowest BCUT2D eigenvalue weighted by molar-refractivity contribution is 0.122. The van der Waals surface area contributed by atoms with Crippen molar-refractivity contribution in [2.45, 2.75) is 91.2 Å². The Morgan fingerprint density at radius 3 is 1.62 bits per heavy atom. The molecule has 138 heavy (non-hydrogen) atoms. The first kappa shape index (κ1) is 91.6. The number of pyridine rings is 1. The molecule has 19 rings (SSSR count). The molecule has 1 saturated heterocycles. The molecule has 1 radical (unpaired) electrons. The Morgan fingerprint density at radius 1 is 0.486 bits per heavy atom. The van der Waals surface area contributed by atoms with Crippen LogP contribution >= 0.6 is 0 Å². The maximum Gasteiger partial charge on any atom is 0.126 e. The number of aliphatic hydroxyl groups excluding tert-OH is 1. The molecule has 1 aliphatic heterocycles. The van der Waals surface area contributed by atoms with E-state index in [4.69, 9.17) is 21.0 Å². The van der Waals surface area contributed by atoms with E-state index in [9.17, 15) is 5.11 Å². The summed E-state index contributed by atoms with van der Waals surface area (Å²) in [6, 6.07) is 151. The van der Waals surface area contributed by atoms with Gasteiger partial charge in [-0.05, 0) is 284 Å². The van der Waals surface area contributed by atoms with Gasteiger partial charge in [-0.3, -0.25) is 4.98 Å². The summed E-state index contributed by atoms with van der Waals surface area (Å²) in [5.74, 6) is 0.195. The number of nitrogens with one attached hydrogen (secondary N) is 1. The molecule has 679 valence electrons. The lowest BCUT2D eigenvalue weighted by Gasteiger charge is -2.49. The monoisotopic (exact) mass is 1790 g/mol. The maximum absolute atomic E-state index is 10.7. The minimum atomic E-state index is -1.05. The molecule has 0 bridgehead atoms. The maximum atomic E-state index is 10.7. The zero-order valence-corrected chi connectivity index (χ0v) is 80.0. The Kier molecular flexibility index (Phi) is 28.0. The lowest BCUT2D eigenvalue weighted by atomic mass is 9.53. The number of para-hydroxylation sites is 2. The zero-order valence-electron chi connectivity index (χ0n) is 80.0. The first-order valence-corrected chi connectivity index (χ1v) is 48.7. The van der Waals surface area contributed by atoms with Crippen LogP contribution in [0.3, 0.4) is 0 Å². The third kappa shape index (κ3) is 20.0. The second kappa shape index (κ2) is 42.2. The summed E-state index contributed by atoms with van der Waals surface area (Å²) < 4.78 is 12.3. The summed E-state index contributed by atoms with van der Waals surface area (Å²) in [5, 5.41) is 14.6. The number of hydrogen-bond donors (Lipinski definition) is 2. The Hall–Kier alpha value is -15.5. The molecular formula is C131H117N4O3. The Balaban J connectivity index is 1.03. The number of aromatic nitrogens is 1. The molecule has 2 N–H and O–H groups in total. The van der Waals surface area contributed by atoms with Crippen molar-refractivity contribution in [3.63, 3.8) is 0 Å². The zero-order chi connectivity index (χ0) is 94.4. The predicted molar refractivity (Wildman–Crippen MR) is 583 cm³/mol. The molecule has 2 aliphatic rings. The van der Waals surface area contributed by atoms with Crippen molar-refractivity contribution in [1.82, 2.24) is 4.98 Å². The van der Waals surface area contributed by atoms with Crippen molar-refractivity contribution < 1.29 is 14.6 Å². The number of allylic oxidation sites excluding steroid dienone is 5. The quantitative estimate of drug-likeness (QED) is 0.0331. The summed E-state index contributed by atoms with van der Waals surface area (Å²) in [6.07, 6.45) is 14.5. The van der Waals surface area contributed by atoms with Gasteiger partial charge >= 0.3 is 0 Å². The first-order valence-electron chi connectivity index (χ1n) is 48.7. The van der Waals surface area contributed by atoms with E-state index in [1.165, 1.54) is 23.1 Å². The van der Waals surface area contributed by atoms with Crippen LogP contribution in [0.4, 0.5) is 22.7 Å². The molecule has 7 heteroatoms. The highest BCUT2D eigenvalue weighted by Gasteiger charge is 2.51. The number of rotatable bonds is 31. The van der Waals surface area contributed by atoms with Crippen LogP contribution in [0.2, 0.25) is 0 Å². The summed E-state index contributed by atoms with van der Waals surface area (Å²) in [7, 11) is 3.94. The fourth-order valence-electron chi connectivity index (χ4n) is 20.3. The normalized spacial score (nSPS) is 14.4. The number of aryl methyl sites for hydroxylation is 3. The molecule has 0 amide bonds. The van der Waals surface area contributed by atoms with E-state index in [1.807, 2.05) is 18.2 Å². The molecule has 2 atom stereocenters. The highest BCUT2D eigenvalue weighted by molar-refractivity contribution is 6.28. The van der Waals surface area contributed by atoms with Crippen molar-refractivity contribution in [2.24, 2.45) is 0 Å². The molecule has 1 aliphatic carbocycles. The van der Waals surface area contributed by atoms with Gasteiger partial charge in [0.05, 0.1) is 39.2 Å². The molecule has 16 aromatic carbocycles. The van der Waals surface area contributed by atoms with Gasteiger partial charge in [-0.25, -0.2) is 0 Å². The van der Waals surface area contributed by atoms with Crippen LogP contribution in [0.1, 0.15) is 142 Å². The molecular weight excluding hydrogens is 1680 g/mol. The highest BCUT2D eigenvalue weighted by atomic mass is 16.5. The fourth-order valence-corrected chi connectivity index (χ4v) is 20.3. The van der Waals surface area contributed by atoms with Gasteiger partial charge in [0.1, 0.15) is 5.75 Å². The second-order valence-electron chi connectivity index (χ2n) is 36.8. The van der Waals surface area contributed by atoms with E-state index in [0.29, 0.717) is 19.8 Å². The number of anilines is 4. The third-order valence-corrected chi connectivity index (χ3v) is 27.7. The van der Waals surface area contributed by atoms with Crippen LogP contribution in [0, 0.1) is 19.9 Å². The molecule has 1 fully saturated rings. The Bertz CT molecular complexity index is 7260. The average molecular weight is 1800 g/mol. The van der Waals surface area contributed by atoms with Gasteiger partial charge in [-0.1, -0.05) is 392 Å². The van der Waals surface area contributed by atoms with Crippen molar-refractivity contribution in [1.29, 1.82) is 0 Å². The predicted octanol–water partition coefficient (Wildman–Crippen LogP) is 32.6. The standard InChI is InChI=1S/C131H117N4O3/c1-9-11-12-13-16-27-94-45-49-107(50-46-94)125-126(108-51-47-96(48-52-108)44-43-95-41-39-90(3)40-42-95)129(110-71-77-117(78-72-110)134(7)88-116-36-23-26-91(4)132-116)131(6,113-73-65-101(66-74-113)111-32-24-28-93(10-2)85-111)130(109-67-75-115(76-68-109)133-114-34-19-15-20-35-114)128(125)127-123(105-63-61-102(62-64-105)119-37-21-22-38-122(119)137-8)121(104-59-55-100(56-60-104)112-33-25-29-97(86-112)89-136)87-120(103-57-53-99(54-58-103)92(5)98-30-17-14-18-31-98)124(127)106-69-79-118(80-70-106)135-81-83-138-84-82-135/h14-80,85-86,130,133,136H,5,9-13,81-84,88-89H2,1-4,6-8H3/b27-16+,44-43+. The molecule has 2 heterocycles. The number of ether oxygens (including phenoxy) is 2. The Morgan fingerprint density at radius 2 is 1.00 bits per heavy atom. The van der Waals surface area contributed by atoms with E-state index in [0.717, 1.165) is 246 Å². The number of benzene rings is 16. The van der Waals surface area contributed by atoms with Gasteiger partial charge in [0.15, 0.2) is 0 Å². The van der Waals surface area contributed by atoms with Gasteiger partial charge in [-0.2, -0.15) is 0 Å². The van der Waals surface area contributed by atoms with Gasteiger partial charge in [0.25, 0.3) is 0 Å². The largest absolute Gasteiger partial charge is 0.496 e. The first-order chi connectivity index (χ1) is 67.7. The fraction of sp³-hybridized carbons (Fsp3) is 0.153. The van der Waals surface area contributed by atoms with Crippen LogP contribution in [-0.4, -0.2) is 50.6 Å². The summed E-state index contributed by atoms with van der Waals surface area (Å²) in [5.41, 5.74) is 39.7. The minimum Gasteiger partial charge on any atom is -0.496 e. The van der Waals surface area contributed by atoms with E-state index < -0.39 is 11.3 Å². The van der Waals surface area contributed by atoms with Gasteiger partial charge in [0.2, 0.25) is 0 Å². The van der Waals surface area contributed by atoms with Crippen molar-refractivity contribution in [3.8, 4) is 83.6 Å². The summed E-state index contributed by atoms with van der Waals surface area (Å²) >= 11 is 0. The molecule has 2 unspecified atom stereocenters. The number of nitrogens with zero attached hydrogens (tertiary/aromatic N) is 3. The highest BCUT2D eigenvalue weighted by Crippen LogP contribution is 2.67. The number of morpholine rings is 1. The SMILES string of the molecule is C=C(c1ccccc1)c1ccc(-c2[c]c(-c3ccc(-c4cccc(CO)c4)cc3)c(-c3ccc(-c4ccccc4OC)cc3)c(C3=C(c4ccc(/C=C/CCCCC)cc4)C(c4ccc(/C=C/c5ccc(C)cc5)cc4)=C(c4ccc(N(C)Cc5cccc(C)n5)cc4)C(C)(c4ccc(-c5cccc(CC)c5)cc4)C3c3ccc(Nc4ccccc4)cc3)c2-c2ccc(N3CCOCC3)cc2)cc1. The van der Waals surface area contributed by atoms with Gasteiger partial charge in [-0.15, -0.1) is 0 Å². The van der Waals surface area contributed by atoms with Crippen LogP contribution in [0.15, 0.2) is 407 Å². The average Bonchev–Trinajstić information content (AvgIpc) is 0.682.